The Labute approximate surface area is 109 Å². The zero-order valence-corrected chi connectivity index (χ0v) is 10.3. The molecule has 0 saturated carbocycles. The van der Waals surface area contributed by atoms with E-state index < -0.39 is 17.9 Å². The number of aromatic nitrogens is 2. The highest BCUT2D eigenvalue weighted by Gasteiger charge is 2.15. The average Bonchev–Trinajstić information content (AvgIpc) is 2.92. The summed E-state index contributed by atoms with van der Waals surface area (Å²) in [6, 6.07) is 5.98. The van der Waals surface area contributed by atoms with Gasteiger partial charge in [-0.1, -0.05) is 12.1 Å². The van der Waals surface area contributed by atoms with E-state index in [0.717, 1.165) is 11.1 Å². The van der Waals surface area contributed by atoms with Crippen molar-refractivity contribution in [2.45, 2.75) is 13.0 Å². The Morgan fingerprint density at radius 2 is 2.16 bits per heavy atom. The first kappa shape index (κ1) is 12.8. The van der Waals surface area contributed by atoms with Crippen LogP contribution in [-0.2, 0) is 4.79 Å². The van der Waals surface area contributed by atoms with Crippen LogP contribution in [0.2, 0.25) is 0 Å². The third kappa shape index (κ3) is 2.98. The maximum Gasteiger partial charge on any atom is 0.325 e. The third-order valence-electron chi connectivity index (χ3n) is 2.67. The third-order valence-corrected chi connectivity index (χ3v) is 2.67. The van der Waals surface area contributed by atoms with E-state index >= 15 is 0 Å². The number of benzene rings is 1. The molecule has 1 heterocycles. The van der Waals surface area contributed by atoms with Crippen LogP contribution in [0.3, 0.4) is 0 Å². The van der Waals surface area contributed by atoms with E-state index in [1.165, 1.54) is 6.92 Å². The van der Waals surface area contributed by atoms with Crippen LogP contribution in [-0.4, -0.2) is 33.2 Å². The van der Waals surface area contributed by atoms with Crippen LogP contribution < -0.4 is 5.32 Å². The number of carbonyl (C=O) groups excluding carboxylic acids is 1. The van der Waals surface area contributed by atoms with E-state index in [9.17, 15) is 9.59 Å². The standard InChI is InChI=1S/C13H13N3O3/c1-8(13(18)19)16-12(17)10-4-2-3-9(5-10)11-6-14-15-7-11/h2-8H,1H3,(H,14,15)(H,16,17)(H,18,19). The molecule has 0 aliphatic rings. The SMILES string of the molecule is CC(NC(=O)c1cccc(-c2cn[nH]c2)c1)C(=O)O. The van der Waals surface area contributed by atoms with E-state index in [0.29, 0.717) is 5.56 Å². The van der Waals surface area contributed by atoms with Gasteiger partial charge in [0, 0.05) is 17.3 Å². The monoisotopic (exact) mass is 259 g/mol. The van der Waals surface area contributed by atoms with Crippen molar-refractivity contribution in [3.63, 3.8) is 0 Å². The summed E-state index contributed by atoms with van der Waals surface area (Å²) in [6.45, 7) is 1.42. The molecular weight excluding hydrogens is 246 g/mol. The fraction of sp³-hybridized carbons (Fsp3) is 0.154. The van der Waals surface area contributed by atoms with Crippen molar-refractivity contribution in [1.82, 2.24) is 15.5 Å². The summed E-state index contributed by atoms with van der Waals surface area (Å²) < 4.78 is 0. The molecule has 6 nitrogen and oxygen atoms in total. The van der Waals surface area contributed by atoms with Crippen LogP contribution in [0.4, 0.5) is 0 Å². The van der Waals surface area contributed by atoms with Gasteiger partial charge >= 0.3 is 5.97 Å². The van der Waals surface area contributed by atoms with Gasteiger partial charge in [0.15, 0.2) is 0 Å². The molecule has 0 radical (unpaired) electrons. The second-order valence-electron chi connectivity index (χ2n) is 4.10. The first-order chi connectivity index (χ1) is 9.08. The van der Waals surface area contributed by atoms with E-state index in [-0.39, 0.29) is 0 Å². The highest BCUT2D eigenvalue weighted by molar-refractivity contribution is 5.97. The molecule has 0 bridgehead atoms. The van der Waals surface area contributed by atoms with Gasteiger partial charge in [0.05, 0.1) is 6.20 Å². The van der Waals surface area contributed by atoms with Crippen molar-refractivity contribution < 1.29 is 14.7 Å². The van der Waals surface area contributed by atoms with Gasteiger partial charge in [-0.3, -0.25) is 14.7 Å². The zero-order chi connectivity index (χ0) is 13.8. The summed E-state index contributed by atoms with van der Waals surface area (Å²) in [5, 5.41) is 17.7. The number of nitrogens with zero attached hydrogens (tertiary/aromatic N) is 1. The molecule has 0 fully saturated rings. The molecule has 0 spiro atoms. The van der Waals surface area contributed by atoms with Gasteiger partial charge in [-0.15, -0.1) is 0 Å². The molecule has 98 valence electrons. The minimum absolute atomic E-state index is 0.409. The highest BCUT2D eigenvalue weighted by Crippen LogP contribution is 2.18. The molecular formula is C13H13N3O3. The Kier molecular flexibility index (Phi) is 3.61. The lowest BCUT2D eigenvalue weighted by atomic mass is 10.1. The van der Waals surface area contributed by atoms with Gasteiger partial charge in [-0.25, -0.2) is 0 Å². The number of hydrogen-bond donors (Lipinski definition) is 3. The number of carbonyl (C=O) groups is 2. The van der Waals surface area contributed by atoms with Gasteiger partial charge in [-0.05, 0) is 24.6 Å². The van der Waals surface area contributed by atoms with Gasteiger partial charge in [0.25, 0.3) is 5.91 Å². The molecule has 1 aromatic carbocycles. The van der Waals surface area contributed by atoms with Crippen molar-refractivity contribution in [2.24, 2.45) is 0 Å². The molecule has 1 aromatic heterocycles. The van der Waals surface area contributed by atoms with Crippen LogP contribution >= 0.6 is 0 Å². The molecule has 6 heteroatoms. The minimum Gasteiger partial charge on any atom is -0.480 e. The lowest BCUT2D eigenvalue weighted by Gasteiger charge is -2.09. The van der Waals surface area contributed by atoms with Crippen molar-refractivity contribution in [1.29, 1.82) is 0 Å². The summed E-state index contributed by atoms with van der Waals surface area (Å²) >= 11 is 0. The fourth-order valence-electron chi connectivity index (χ4n) is 1.59. The summed E-state index contributed by atoms with van der Waals surface area (Å²) in [5.74, 6) is -1.49. The van der Waals surface area contributed by atoms with Gasteiger partial charge in [-0.2, -0.15) is 5.10 Å². The Morgan fingerprint density at radius 1 is 1.37 bits per heavy atom. The van der Waals surface area contributed by atoms with Gasteiger partial charge in [0.2, 0.25) is 0 Å². The lowest BCUT2D eigenvalue weighted by Crippen LogP contribution is -2.38. The number of rotatable bonds is 4. The van der Waals surface area contributed by atoms with E-state index in [2.05, 4.69) is 15.5 Å². The molecule has 0 aliphatic heterocycles. The molecule has 19 heavy (non-hydrogen) atoms. The largest absolute Gasteiger partial charge is 0.480 e. The molecule has 3 N–H and O–H groups in total. The predicted molar refractivity (Wildman–Crippen MR) is 68.6 cm³/mol. The Bertz CT molecular complexity index is 593. The van der Waals surface area contributed by atoms with Crippen molar-refractivity contribution in [3.8, 4) is 11.1 Å². The van der Waals surface area contributed by atoms with E-state index in [4.69, 9.17) is 5.11 Å². The number of carboxylic acids is 1. The first-order valence-electron chi connectivity index (χ1n) is 5.71. The minimum atomic E-state index is -1.07. The van der Waals surface area contributed by atoms with Crippen molar-refractivity contribution in [3.05, 3.63) is 42.2 Å². The molecule has 2 aromatic rings. The summed E-state index contributed by atoms with van der Waals surface area (Å²) in [5.41, 5.74) is 2.11. The number of H-pyrrole nitrogens is 1. The Hall–Kier alpha value is -2.63. The number of aliphatic carboxylic acids is 1. The second-order valence-corrected chi connectivity index (χ2v) is 4.10. The van der Waals surface area contributed by atoms with Crippen LogP contribution in [0.5, 0.6) is 0 Å². The zero-order valence-electron chi connectivity index (χ0n) is 10.3. The fourth-order valence-corrected chi connectivity index (χ4v) is 1.59. The number of hydrogen-bond acceptors (Lipinski definition) is 3. The summed E-state index contributed by atoms with van der Waals surface area (Å²) in [7, 11) is 0. The smallest absolute Gasteiger partial charge is 0.325 e. The highest BCUT2D eigenvalue weighted by atomic mass is 16.4. The maximum atomic E-state index is 11.9. The molecule has 0 aliphatic carbocycles. The van der Waals surface area contributed by atoms with Crippen molar-refractivity contribution in [2.75, 3.05) is 0 Å². The quantitative estimate of drug-likeness (QED) is 0.770. The Morgan fingerprint density at radius 3 is 2.79 bits per heavy atom. The first-order valence-corrected chi connectivity index (χ1v) is 5.71. The van der Waals surface area contributed by atoms with Crippen molar-refractivity contribution >= 4 is 11.9 Å². The van der Waals surface area contributed by atoms with E-state index in [1.54, 1.807) is 30.6 Å². The normalized spacial score (nSPS) is 11.8. The van der Waals surface area contributed by atoms with Gasteiger partial charge < -0.3 is 10.4 Å². The number of carboxylic acid groups (broad SMARTS) is 1. The van der Waals surface area contributed by atoms with Crippen LogP contribution in [0.15, 0.2) is 36.7 Å². The summed E-state index contributed by atoms with van der Waals surface area (Å²) in [4.78, 5) is 22.6. The topological polar surface area (TPSA) is 95.1 Å². The van der Waals surface area contributed by atoms with Crippen LogP contribution in [0, 0.1) is 0 Å². The van der Waals surface area contributed by atoms with Crippen LogP contribution in [0.1, 0.15) is 17.3 Å². The average molecular weight is 259 g/mol. The predicted octanol–water partition coefficient (Wildman–Crippen LogP) is 1.28. The van der Waals surface area contributed by atoms with Gasteiger partial charge in [0.1, 0.15) is 6.04 Å². The van der Waals surface area contributed by atoms with Crippen LogP contribution in [0.25, 0.3) is 11.1 Å². The lowest BCUT2D eigenvalue weighted by molar-refractivity contribution is -0.138. The molecule has 1 unspecified atom stereocenters. The molecule has 1 amide bonds. The number of nitrogens with one attached hydrogen (secondary N) is 2. The second kappa shape index (κ2) is 5.34. The number of amides is 1. The maximum absolute atomic E-state index is 11.9. The molecule has 0 saturated heterocycles. The Balaban J connectivity index is 2.19. The molecule has 1 atom stereocenters. The molecule has 2 rings (SSSR count). The number of aromatic amines is 1. The summed E-state index contributed by atoms with van der Waals surface area (Å²) in [6.07, 6.45) is 3.37. The van der Waals surface area contributed by atoms with E-state index in [1.807, 2.05) is 6.07 Å².